The first-order valence-electron chi connectivity index (χ1n) is 4.71. The monoisotopic (exact) mass is 218 g/mol. The van der Waals surface area contributed by atoms with Gasteiger partial charge in [-0.25, -0.2) is 5.06 Å². The van der Waals surface area contributed by atoms with Crippen molar-refractivity contribution in [3.8, 4) is 0 Å². The maximum absolute atomic E-state index is 11.5. The predicted molar refractivity (Wildman–Crippen MR) is 59.9 cm³/mol. The van der Waals surface area contributed by atoms with Crippen LogP contribution < -0.4 is 0 Å². The third-order valence-corrected chi connectivity index (χ3v) is 1.89. The van der Waals surface area contributed by atoms with Crippen LogP contribution in [-0.2, 0) is 14.4 Å². The molecule has 4 heteroatoms. The molecule has 0 aliphatic rings. The van der Waals surface area contributed by atoms with Gasteiger partial charge in [-0.3, -0.25) is 14.4 Å². The maximum Gasteiger partial charge on any atom is 0.270 e. The van der Waals surface area contributed by atoms with Gasteiger partial charge in [-0.15, -0.1) is 0 Å². The topological polar surface area (TPSA) is 46.6 Å². The van der Waals surface area contributed by atoms with E-state index in [1.165, 1.54) is 13.2 Å². The fourth-order valence-corrected chi connectivity index (χ4v) is 1.11. The number of rotatable bonds is 5. The van der Waals surface area contributed by atoms with E-state index in [1.807, 2.05) is 30.3 Å². The van der Waals surface area contributed by atoms with Gasteiger partial charge in [0.25, 0.3) is 5.91 Å². The molecule has 0 unspecified atom stereocenters. The van der Waals surface area contributed by atoms with Crippen molar-refractivity contribution in [2.24, 2.45) is 0 Å². The quantitative estimate of drug-likeness (QED) is 0.551. The average molecular weight is 218 g/mol. The van der Waals surface area contributed by atoms with Gasteiger partial charge in [0.05, 0.1) is 7.11 Å². The molecule has 0 aliphatic heterocycles. The van der Waals surface area contributed by atoms with Gasteiger partial charge in [-0.2, -0.15) is 0 Å². The lowest BCUT2D eigenvalue weighted by Crippen LogP contribution is -2.29. The van der Waals surface area contributed by atoms with Crippen molar-refractivity contribution in [1.29, 1.82) is 0 Å². The molecule has 16 heavy (non-hydrogen) atoms. The van der Waals surface area contributed by atoms with Crippen LogP contribution in [0, 0.1) is 0 Å². The van der Waals surface area contributed by atoms with Gasteiger partial charge in [-0.1, -0.05) is 30.3 Å². The summed E-state index contributed by atoms with van der Waals surface area (Å²) in [5.41, 5.74) is 0.905. The summed E-state index contributed by atoms with van der Waals surface area (Å²) in [5, 5.41) is 0.923. The highest BCUT2D eigenvalue weighted by Gasteiger charge is 2.08. The average Bonchev–Trinajstić information content (AvgIpc) is 2.34. The van der Waals surface area contributed by atoms with Crippen LogP contribution in [0.5, 0.6) is 0 Å². The van der Waals surface area contributed by atoms with Gasteiger partial charge in [0.15, 0.2) is 0 Å². The molecular formula is C12H12NO3. The molecule has 0 spiro atoms. The third kappa shape index (κ3) is 3.67. The standard InChI is InChI=1S/C12H12NO3/c1-16-13(9-10-14)12(15)8-7-11-5-3-2-4-6-11/h2-8H,9H2,1H3. The number of hydrogen-bond acceptors (Lipinski definition) is 3. The number of carbonyl (C=O) groups excluding carboxylic acids is 2. The maximum atomic E-state index is 11.5. The molecule has 0 aliphatic carbocycles. The Balaban J connectivity index is 2.63. The molecule has 1 amide bonds. The summed E-state index contributed by atoms with van der Waals surface area (Å²) < 4.78 is 0. The number of hydrogen-bond donors (Lipinski definition) is 0. The Morgan fingerprint density at radius 2 is 2.12 bits per heavy atom. The predicted octanol–water partition coefficient (Wildman–Crippen LogP) is 1.20. The molecule has 0 heterocycles. The summed E-state index contributed by atoms with van der Waals surface area (Å²) >= 11 is 0. The number of carbonyl (C=O) groups is 1. The molecule has 83 valence electrons. The second kappa shape index (κ2) is 6.53. The lowest BCUT2D eigenvalue weighted by molar-refractivity contribution is -0.165. The first-order chi connectivity index (χ1) is 7.77. The van der Waals surface area contributed by atoms with E-state index in [1.54, 1.807) is 12.4 Å². The van der Waals surface area contributed by atoms with Crippen molar-refractivity contribution >= 4 is 18.3 Å². The van der Waals surface area contributed by atoms with Crippen LogP contribution in [0.15, 0.2) is 36.4 Å². The largest absolute Gasteiger partial charge is 0.289 e. The van der Waals surface area contributed by atoms with E-state index in [0.29, 0.717) is 0 Å². The van der Waals surface area contributed by atoms with E-state index in [9.17, 15) is 9.59 Å². The highest BCUT2D eigenvalue weighted by molar-refractivity contribution is 5.92. The van der Waals surface area contributed by atoms with Gasteiger partial charge in [-0.05, 0) is 11.6 Å². The van der Waals surface area contributed by atoms with Crippen molar-refractivity contribution in [1.82, 2.24) is 5.06 Å². The van der Waals surface area contributed by atoms with Crippen LogP contribution in [0.4, 0.5) is 0 Å². The Bertz CT molecular complexity index is 373. The Hall–Kier alpha value is -1.94. The van der Waals surface area contributed by atoms with Gasteiger partial charge >= 0.3 is 0 Å². The first kappa shape index (κ1) is 12.1. The van der Waals surface area contributed by atoms with Crippen LogP contribution in [0.3, 0.4) is 0 Å². The smallest absolute Gasteiger partial charge is 0.270 e. The summed E-state index contributed by atoms with van der Waals surface area (Å²) in [6.45, 7) is -0.200. The second-order valence-corrected chi connectivity index (χ2v) is 2.95. The van der Waals surface area contributed by atoms with E-state index in [-0.39, 0.29) is 6.54 Å². The van der Waals surface area contributed by atoms with Gasteiger partial charge < -0.3 is 0 Å². The van der Waals surface area contributed by atoms with E-state index in [0.717, 1.165) is 10.6 Å². The highest BCUT2D eigenvalue weighted by atomic mass is 16.7. The zero-order valence-corrected chi connectivity index (χ0v) is 8.92. The highest BCUT2D eigenvalue weighted by Crippen LogP contribution is 2.01. The lowest BCUT2D eigenvalue weighted by atomic mass is 10.2. The lowest BCUT2D eigenvalue weighted by Gasteiger charge is -2.13. The van der Waals surface area contributed by atoms with Crippen LogP contribution in [-0.4, -0.2) is 30.9 Å². The molecule has 1 radical (unpaired) electrons. The normalized spacial score (nSPS) is 10.3. The Morgan fingerprint density at radius 3 is 2.69 bits per heavy atom. The Labute approximate surface area is 94.1 Å². The Morgan fingerprint density at radius 1 is 1.44 bits per heavy atom. The molecule has 0 bridgehead atoms. The molecule has 0 aromatic heterocycles. The molecular weight excluding hydrogens is 206 g/mol. The van der Waals surface area contributed by atoms with E-state index in [4.69, 9.17) is 4.84 Å². The van der Waals surface area contributed by atoms with Crippen molar-refractivity contribution in [3.05, 3.63) is 42.0 Å². The van der Waals surface area contributed by atoms with E-state index < -0.39 is 5.91 Å². The minimum absolute atomic E-state index is 0.200. The summed E-state index contributed by atoms with van der Waals surface area (Å²) in [4.78, 5) is 26.3. The third-order valence-electron chi connectivity index (χ3n) is 1.89. The zero-order chi connectivity index (χ0) is 11.8. The number of benzene rings is 1. The SMILES string of the molecule is CON(C[C]=O)C(=O)C=Cc1ccccc1. The molecule has 4 nitrogen and oxygen atoms in total. The summed E-state index contributed by atoms with van der Waals surface area (Å²) in [6, 6.07) is 9.37. The second-order valence-electron chi connectivity index (χ2n) is 2.95. The van der Waals surface area contributed by atoms with Crippen molar-refractivity contribution in [3.63, 3.8) is 0 Å². The molecule has 0 atom stereocenters. The van der Waals surface area contributed by atoms with Crippen molar-refractivity contribution < 1.29 is 14.4 Å². The molecule has 1 aromatic rings. The minimum atomic E-state index is -0.394. The molecule has 0 fully saturated rings. The number of nitrogens with zero attached hydrogens (tertiary/aromatic N) is 1. The first-order valence-corrected chi connectivity index (χ1v) is 4.71. The zero-order valence-electron chi connectivity index (χ0n) is 8.92. The van der Waals surface area contributed by atoms with Gasteiger partial charge in [0.2, 0.25) is 6.29 Å². The Kier molecular flexibility index (Phi) is 4.95. The summed E-state index contributed by atoms with van der Waals surface area (Å²) in [5.74, 6) is -0.394. The summed E-state index contributed by atoms with van der Waals surface area (Å²) in [6.07, 6.45) is 4.59. The van der Waals surface area contributed by atoms with Gasteiger partial charge in [0, 0.05) is 6.08 Å². The number of hydroxylamine groups is 2. The van der Waals surface area contributed by atoms with Crippen molar-refractivity contribution in [2.75, 3.05) is 13.7 Å². The van der Waals surface area contributed by atoms with Gasteiger partial charge in [0.1, 0.15) is 6.54 Å². The summed E-state index contributed by atoms with van der Waals surface area (Å²) in [7, 11) is 1.32. The fourth-order valence-electron chi connectivity index (χ4n) is 1.11. The fraction of sp³-hybridized carbons (Fsp3) is 0.167. The van der Waals surface area contributed by atoms with E-state index >= 15 is 0 Å². The minimum Gasteiger partial charge on any atom is -0.289 e. The van der Waals surface area contributed by atoms with Crippen LogP contribution >= 0.6 is 0 Å². The van der Waals surface area contributed by atoms with Crippen LogP contribution in [0.25, 0.3) is 6.08 Å². The molecule has 0 saturated carbocycles. The molecule has 0 N–H and O–H groups in total. The van der Waals surface area contributed by atoms with Crippen LogP contribution in [0.2, 0.25) is 0 Å². The van der Waals surface area contributed by atoms with Crippen molar-refractivity contribution in [2.45, 2.75) is 0 Å². The molecule has 1 aromatic carbocycles. The molecule has 0 saturated heterocycles. The molecule has 1 rings (SSSR count). The number of amides is 1. The van der Waals surface area contributed by atoms with E-state index in [2.05, 4.69) is 0 Å². The van der Waals surface area contributed by atoms with Crippen LogP contribution in [0.1, 0.15) is 5.56 Å².